The first kappa shape index (κ1) is 11.9. The zero-order valence-electron chi connectivity index (χ0n) is 9.23. The molecule has 0 aromatic carbocycles. The van der Waals surface area contributed by atoms with Gasteiger partial charge in [0.1, 0.15) is 0 Å². The highest BCUT2D eigenvalue weighted by Crippen LogP contribution is 2.12. The van der Waals surface area contributed by atoms with Gasteiger partial charge in [-0.15, -0.1) is 0 Å². The number of methoxy groups -OCH3 is 1. The Morgan fingerprint density at radius 3 is 3.07 bits per heavy atom. The maximum absolute atomic E-state index is 9.07. The highest BCUT2D eigenvalue weighted by Gasteiger charge is 2.02. The second-order valence-corrected chi connectivity index (χ2v) is 3.49. The van der Waals surface area contributed by atoms with Gasteiger partial charge in [0.05, 0.1) is 13.2 Å². The van der Waals surface area contributed by atoms with Crippen LogP contribution in [0.3, 0.4) is 0 Å². The molecule has 84 valence electrons. The summed E-state index contributed by atoms with van der Waals surface area (Å²) in [7, 11) is 1.61. The van der Waals surface area contributed by atoms with Gasteiger partial charge >= 0.3 is 0 Å². The van der Waals surface area contributed by atoms with Crippen molar-refractivity contribution in [2.24, 2.45) is 0 Å². The molecule has 0 aliphatic carbocycles. The molecule has 0 aliphatic rings. The Hall–Kier alpha value is -1.13. The molecule has 1 atom stereocenters. The van der Waals surface area contributed by atoms with Crippen molar-refractivity contribution in [3.05, 3.63) is 23.9 Å². The molecule has 0 bridgehead atoms. The zero-order chi connectivity index (χ0) is 11.1. The molecule has 1 aromatic rings. The van der Waals surface area contributed by atoms with Gasteiger partial charge in [0.25, 0.3) is 0 Å². The molecule has 0 aliphatic heterocycles. The topological polar surface area (TPSA) is 54.4 Å². The molecule has 4 nitrogen and oxygen atoms in total. The summed E-state index contributed by atoms with van der Waals surface area (Å²) in [5.74, 6) is 0.655. The molecule has 0 radical (unpaired) electrons. The number of hydrogen-bond donors (Lipinski definition) is 2. The van der Waals surface area contributed by atoms with Crippen LogP contribution in [0, 0.1) is 0 Å². The minimum atomic E-state index is -0.256. The first-order valence-corrected chi connectivity index (χ1v) is 5.10. The van der Waals surface area contributed by atoms with Crippen LogP contribution in [-0.4, -0.2) is 29.8 Å². The summed E-state index contributed by atoms with van der Waals surface area (Å²) < 4.78 is 5.12. The number of aromatic nitrogens is 1. The molecular formula is C11H18N2O2. The van der Waals surface area contributed by atoms with Crippen LogP contribution >= 0.6 is 0 Å². The lowest BCUT2D eigenvalue weighted by molar-refractivity contribution is 0.183. The molecule has 1 heterocycles. The van der Waals surface area contributed by atoms with Gasteiger partial charge in [-0.25, -0.2) is 4.98 Å². The van der Waals surface area contributed by atoms with Crippen LogP contribution in [-0.2, 0) is 6.54 Å². The summed E-state index contributed by atoms with van der Waals surface area (Å²) in [6.45, 7) is 3.28. The SMILES string of the molecule is COc1ncccc1CNCCC(C)O. The number of nitrogens with zero attached hydrogens (tertiary/aromatic N) is 1. The van der Waals surface area contributed by atoms with E-state index in [4.69, 9.17) is 9.84 Å². The summed E-state index contributed by atoms with van der Waals surface area (Å²) >= 11 is 0. The lowest BCUT2D eigenvalue weighted by Gasteiger charge is -2.09. The van der Waals surface area contributed by atoms with Crippen molar-refractivity contribution < 1.29 is 9.84 Å². The average molecular weight is 210 g/mol. The van der Waals surface area contributed by atoms with E-state index in [1.54, 1.807) is 20.2 Å². The number of ether oxygens (including phenoxy) is 1. The van der Waals surface area contributed by atoms with Gasteiger partial charge < -0.3 is 15.2 Å². The van der Waals surface area contributed by atoms with Gasteiger partial charge in [-0.2, -0.15) is 0 Å². The zero-order valence-corrected chi connectivity index (χ0v) is 9.23. The maximum atomic E-state index is 9.07. The molecule has 4 heteroatoms. The van der Waals surface area contributed by atoms with E-state index in [-0.39, 0.29) is 6.10 Å². The predicted octanol–water partition coefficient (Wildman–Crippen LogP) is 0.951. The largest absolute Gasteiger partial charge is 0.481 e. The van der Waals surface area contributed by atoms with Crippen LogP contribution in [0.2, 0.25) is 0 Å². The van der Waals surface area contributed by atoms with Crippen LogP contribution in [0.15, 0.2) is 18.3 Å². The van der Waals surface area contributed by atoms with E-state index >= 15 is 0 Å². The van der Waals surface area contributed by atoms with Crippen molar-refractivity contribution in [2.45, 2.75) is 26.0 Å². The fourth-order valence-electron chi connectivity index (χ4n) is 1.28. The third kappa shape index (κ3) is 4.27. The Balaban J connectivity index is 2.36. The lowest BCUT2D eigenvalue weighted by atomic mass is 10.2. The quantitative estimate of drug-likeness (QED) is 0.686. The Labute approximate surface area is 90.3 Å². The molecule has 2 N–H and O–H groups in total. The van der Waals surface area contributed by atoms with E-state index in [2.05, 4.69) is 10.3 Å². The number of pyridine rings is 1. The van der Waals surface area contributed by atoms with Crippen LogP contribution in [0.5, 0.6) is 5.88 Å². The van der Waals surface area contributed by atoms with E-state index in [0.717, 1.165) is 18.5 Å². The highest BCUT2D eigenvalue weighted by molar-refractivity contribution is 5.24. The van der Waals surface area contributed by atoms with Gasteiger partial charge in [0, 0.05) is 18.3 Å². The van der Waals surface area contributed by atoms with E-state index in [9.17, 15) is 0 Å². The van der Waals surface area contributed by atoms with Crippen LogP contribution < -0.4 is 10.1 Å². The number of aliphatic hydroxyl groups is 1. The minimum Gasteiger partial charge on any atom is -0.481 e. The number of rotatable bonds is 6. The van der Waals surface area contributed by atoms with Crippen LogP contribution in [0.4, 0.5) is 0 Å². The maximum Gasteiger partial charge on any atom is 0.217 e. The number of aliphatic hydroxyl groups excluding tert-OH is 1. The highest BCUT2D eigenvalue weighted by atomic mass is 16.5. The minimum absolute atomic E-state index is 0.256. The Morgan fingerprint density at radius 1 is 1.60 bits per heavy atom. The van der Waals surface area contributed by atoms with Crippen LogP contribution in [0.25, 0.3) is 0 Å². The molecule has 1 unspecified atom stereocenters. The Morgan fingerprint density at radius 2 is 2.40 bits per heavy atom. The van der Waals surface area contributed by atoms with E-state index in [0.29, 0.717) is 12.4 Å². The summed E-state index contributed by atoms with van der Waals surface area (Å²) in [6, 6.07) is 3.86. The monoisotopic (exact) mass is 210 g/mol. The number of hydrogen-bond acceptors (Lipinski definition) is 4. The molecule has 0 saturated carbocycles. The molecule has 1 aromatic heterocycles. The molecule has 0 spiro atoms. The molecular weight excluding hydrogens is 192 g/mol. The summed E-state index contributed by atoms with van der Waals surface area (Å²) in [5.41, 5.74) is 1.03. The Bertz CT molecular complexity index is 290. The van der Waals surface area contributed by atoms with Crippen molar-refractivity contribution in [1.29, 1.82) is 0 Å². The second kappa shape index (κ2) is 6.37. The van der Waals surface area contributed by atoms with Crippen molar-refractivity contribution in [2.75, 3.05) is 13.7 Å². The van der Waals surface area contributed by atoms with Crippen molar-refractivity contribution >= 4 is 0 Å². The number of nitrogens with one attached hydrogen (secondary N) is 1. The molecule has 1 rings (SSSR count). The summed E-state index contributed by atoms with van der Waals surface area (Å²) in [5, 5.41) is 12.3. The average Bonchev–Trinajstić information content (AvgIpc) is 2.24. The van der Waals surface area contributed by atoms with E-state index in [1.807, 2.05) is 12.1 Å². The second-order valence-electron chi connectivity index (χ2n) is 3.49. The van der Waals surface area contributed by atoms with Crippen molar-refractivity contribution in [3.63, 3.8) is 0 Å². The molecule has 0 saturated heterocycles. The lowest BCUT2D eigenvalue weighted by Crippen LogP contribution is -2.19. The van der Waals surface area contributed by atoms with Crippen LogP contribution in [0.1, 0.15) is 18.9 Å². The van der Waals surface area contributed by atoms with Gasteiger partial charge in [0.15, 0.2) is 0 Å². The molecule has 15 heavy (non-hydrogen) atoms. The normalized spacial score (nSPS) is 12.5. The third-order valence-corrected chi connectivity index (χ3v) is 2.10. The van der Waals surface area contributed by atoms with Gasteiger partial charge in [-0.05, 0) is 26.0 Å². The van der Waals surface area contributed by atoms with Crippen molar-refractivity contribution in [1.82, 2.24) is 10.3 Å². The first-order valence-electron chi connectivity index (χ1n) is 5.10. The molecule has 0 amide bonds. The van der Waals surface area contributed by atoms with Crippen molar-refractivity contribution in [3.8, 4) is 5.88 Å². The first-order chi connectivity index (χ1) is 7.24. The molecule has 0 fully saturated rings. The van der Waals surface area contributed by atoms with Gasteiger partial charge in [-0.1, -0.05) is 6.07 Å². The van der Waals surface area contributed by atoms with E-state index < -0.39 is 0 Å². The Kier molecular flexibility index (Phi) is 5.07. The summed E-state index contributed by atoms with van der Waals surface area (Å²) in [6.07, 6.45) is 2.20. The van der Waals surface area contributed by atoms with E-state index in [1.165, 1.54) is 0 Å². The fraction of sp³-hybridized carbons (Fsp3) is 0.545. The van der Waals surface area contributed by atoms with Gasteiger partial charge in [0.2, 0.25) is 5.88 Å². The fourth-order valence-corrected chi connectivity index (χ4v) is 1.28. The summed E-state index contributed by atoms with van der Waals surface area (Å²) in [4.78, 5) is 4.10. The predicted molar refractivity (Wildman–Crippen MR) is 58.8 cm³/mol. The standard InChI is InChI=1S/C11H18N2O2/c1-9(14)5-7-12-8-10-4-3-6-13-11(10)15-2/h3-4,6,9,12,14H,5,7-8H2,1-2H3. The van der Waals surface area contributed by atoms with Gasteiger partial charge in [-0.3, -0.25) is 0 Å². The smallest absolute Gasteiger partial charge is 0.217 e. The third-order valence-electron chi connectivity index (χ3n) is 2.10.